The zero-order chi connectivity index (χ0) is 47.1. The maximum atomic E-state index is 12.9. The van der Waals surface area contributed by atoms with Crippen molar-refractivity contribution in [2.75, 3.05) is 40.9 Å². The van der Waals surface area contributed by atoms with Gasteiger partial charge >= 0.3 is 0 Å². The van der Waals surface area contributed by atoms with Gasteiger partial charge in [-0.25, -0.2) is 0 Å². The molecule has 0 aromatic rings. The van der Waals surface area contributed by atoms with Crippen LogP contribution in [0.5, 0.6) is 0 Å². The summed E-state index contributed by atoms with van der Waals surface area (Å²) in [6, 6.07) is -0.896. The molecular weight excluding hydrogens is 816 g/mol. The quantitative estimate of drug-likeness (QED) is 0.0273. The first kappa shape index (κ1) is 61.2. The first-order chi connectivity index (χ1) is 31.0. The van der Waals surface area contributed by atoms with Crippen LogP contribution in [0.3, 0.4) is 0 Å². The van der Waals surface area contributed by atoms with Gasteiger partial charge in [0.15, 0.2) is 0 Å². The van der Waals surface area contributed by atoms with E-state index >= 15 is 0 Å². The number of carbonyl (C=O) groups excluding carboxylic acids is 1. The number of carbonyl (C=O) groups is 1. The Kier molecular flexibility index (Phi) is 43.3. The fourth-order valence-electron chi connectivity index (χ4n) is 6.52. The van der Waals surface area contributed by atoms with Crippen molar-refractivity contribution in [1.82, 2.24) is 5.32 Å². The Hall–Kier alpha value is -2.84. The fourth-order valence-corrected chi connectivity index (χ4v) is 7.24. The summed E-state index contributed by atoms with van der Waals surface area (Å²) in [7, 11) is 1.23. The molecule has 64 heavy (non-hydrogen) atoms. The van der Waals surface area contributed by atoms with E-state index in [2.05, 4.69) is 116 Å². The van der Waals surface area contributed by atoms with Gasteiger partial charge in [-0.2, -0.15) is 0 Å². The van der Waals surface area contributed by atoms with Gasteiger partial charge in [0, 0.05) is 6.42 Å². The molecular formula is C55H95N2O6P. The molecule has 1 amide bonds. The van der Waals surface area contributed by atoms with Crippen molar-refractivity contribution in [3.63, 3.8) is 0 Å². The zero-order valence-electron chi connectivity index (χ0n) is 41.4. The molecule has 0 heterocycles. The van der Waals surface area contributed by atoms with E-state index in [9.17, 15) is 19.4 Å². The second kappa shape index (κ2) is 45.3. The lowest BCUT2D eigenvalue weighted by atomic mass is 10.1. The topological polar surface area (TPSA) is 108 Å². The summed E-state index contributed by atoms with van der Waals surface area (Å²) in [4.78, 5) is 25.3. The monoisotopic (exact) mass is 911 g/mol. The maximum absolute atomic E-state index is 12.9. The van der Waals surface area contributed by atoms with E-state index in [4.69, 9.17) is 9.05 Å². The van der Waals surface area contributed by atoms with Crippen LogP contribution in [-0.4, -0.2) is 68.5 Å². The van der Waals surface area contributed by atoms with E-state index in [-0.39, 0.29) is 12.5 Å². The predicted octanol–water partition coefficient (Wildman–Crippen LogP) is 14.2. The van der Waals surface area contributed by atoms with E-state index in [0.29, 0.717) is 17.4 Å². The summed E-state index contributed by atoms with van der Waals surface area (Å²) in [6.45, 7) is 4.47. The second-order valence-electron chi connectivity index (χ2n) is 17.8. The van der Waals surface area contributed by atoms with Crippen molar-refractivity contribution in [3.8, 4) is 0 Å². The van der Waals surface area contributed by atoms with Crippen molar-refractivity contribution in [2.24, 2.45) is 0 Å². The number of hydrogen-bond acceptors (Lipinski definition) is 6. The number of likely N-dealkylation sites (N-methyl/N-ethyl adjacent to an activating group) is 1. The molecule has 0 fully saturated rings. The van der Waals surface area contributed by atoms with Gasteiger partial charge < -0.3 is 28.8 Å². The summed E-state index contributed by atoms with van der Waals surface area (Å²) >= 11 is 0. The van der Waals surface area contributed by atoms with Crippen molar-refractivity contribution < 1.29 is 32.9 Å². The Balaban J connectivity index is 4.14. The number of nitrogens with one attached hydrogen (secondary N) is 1. The Morgan fingerprint density at radius 2 is 0.953 bits per heavy atom. The van der Waals surface area contributed by atoms with Gasteiger partial charge in [-0.05, 0) is 83.5 Å². The van der Waals surface area contributed by atoms with Crippen LogP contribution in [0.2, 0.25) is 0 Å². The van der Waals surface area contributed by atoms with Crippen LogP contribution >= 0.6 is 7.82 Å². The van der Waals surface area contributed by atoms with Crippen LogP contribution in [0.15, 0.2) is 109 Å². The highest BCUT2D eigenvalue weighted by molar-refractivity contribution is 7.45. The largest absolute Gasteiger partial charge is 0.756 e. The van der Waals surface area contributed by atoms with Gasteiger partial charge in [-0.15, -0.1) is 0 Å². The van der Waals surface area contributed by atoms with Crippen molar-refractivity contribution in [3.05, 3.63) is 109 Å². The van der Waals surface area contributed by atoms with E-state index in [0.717, 1.165) is 103 Å². The molecule has 0 aliphatic heterocycles. The van der Waals surface area contributed by atoms with Crippen LogP contribution in [0, 0.1) is 0 Å². The van der Waals surface area contributed by atoms with Crippen LogP contribution in [0.25, 0.3) is 0 Å². The number of quaternary nitrogens is 1. The van der Waals surface area contributed by atoms with E-state index < -0.39 is 26.6 Å². The average molecular weight is 911 g/mol. The minimum Gasteiger partial charge on any atom is -0.756 e. The summed E-state index contributed by atoms with van der Waals surface area (Å²) in [5.41, 5.74) is 0. The molecule has 0 spiro atoms. The van der Waals surface area contributed by atoms with E-state index in [1.54, 1.807) is 6.08 Å². The number of rotatable bonds is 44. The number of nitrogens with zero attached hydrogens (tertiary/aromatic N) is 1. The highest BCUT2D eigenvalue weighted by atomic mass is 31.2. The number of phosphoric ester groups is 1. The number of aliphatic hydroxyl groups is 1. The molecule has 8 nitrogen and oxygen atoms in total. The Bertz CT molecular complexity index is 1400. The minimum absolute atomic E-state index is 0.00864. The average Bonchev–Trinajstić information content (AvgIpc) is 3.25. The van der Waals surface area contributed by atoms with Gasteiger partial charge in [-0.3, -0.25) is 9.36 Å². The molecule has 3 unspecified atom stereocenters. The van der Waals surface area contributed by atoms with Gasteiger partial charge in [0.25, 0.3) is 7.82 Å². The van der Waals surface area contributed by atoms with Gasteiger partial charge in [-0.1, -0.05) is 200 Å². The first-order valence-corrected chi connectivity index (χ1v) is 26.7. The third-order valence-corrected chi connectivity index (χ3v) is 11.5. The number of allylic oxidation sites excluding steroid dienone is 17. The van der Waals surface area contributed by atoms with Crippen LogP contribution in [-0.2, 0) is 18.4 Å². The lowest BCUT2D eigenvalue weighted by Gasteiger charge is -2.29. The lowest BCUT2D eigenvalue weighted by molar-refractivity contribution is -0.870. The number of aliphatic hydroxyl groups excluding tert-OH is 1. The molecule has 9 heteroatoms. The Morgan fingerprint density at radius 3 is 1.39 bits per heavy atom. The Morgan fingerprint density at radius 1 is 0.562 bits per heavy atom. The molecule has 0 aromatic carbocycles. The van der Waals surface area contributed by atoms with E-state index in [1.807, 2.05) is 27.2 Å². The van der Waals surface area contributed by atoms with Crippen molar-refractivity contribution in [1.29, 1.82) is 0 Å². The molecule has 0 rings (SSSR count). The molecule has 0 aromatic heterocycles. The molecule has 0 aliphatic carbocycles. The third kappa shape index (κ3) is 47.1. The first-order valence-electron chi connectivity index (χ1n) is 25.2. The SMILES string of the molecule is CC/C=C\C/C=C\C/C=C\C/C=C\C/C=C\C/C=C\C/C=C\C/C=C\CCCCCCCCCCC(=O)NC(COP(=O)([O-])OCC[N+](C)(C)C)C(O)/C=C/CCCCCCCCC. The summed E-state index contributed by atoms with van der Waals surface area (Å²) in [5.74, 6) is -0.215. The minimum atomic E-state index is -4.59. The van der Waals surface area contributed by atoms with E-state index in [1.165, 1.54) is 57.8 Å². The molecule has 3 atom stereocenters. The smallest absolute Gasteiger partial charge is 0.268 e. The van der Waals surface area contributed by atoms with Crippen LogP contribution in [0.4, 0.5) is 0 Å². The van der Waals surface area contributed by atoms with Gasteiger partial charge in [0.1, 0.15) is 13.2 Å². The van der Waals surface area contributed by atoms with Gasteiger partial charge in [0.2, 0.25) is 5.91 Å². The zero-order valence-corrected chi connectivity index (χ0v) is 42.3. The fraction of sp³-hybridized carbons (Fsp3) is 0.655. The molecule has 0 aliphatic rings. The lowest BCUT2D eigenvalue weighted by Crippen LogP contribution is -2.45. The number of unbranched alkanes of at least 4 members (excludes halogenated alkanes) is 15. The highest BCUT2D eigenvalue weighted by Crippen LogP contribution is 2.38. The second-order valence-corrected chi connectivity index (χ2v) is 19.2. The standard InChI is InChI=1S/C55H95N2O6P/c1-6-8-10-12-14-16-17-18-19-20-21-22-23-24-25-26-27-28-29-30-31-32-33-34-35-36-37-38-39-41-43-45-47-49-55(59)56-53(52-63-64(60,61)62-51-50-57(3,4)5)54(58)48-46-44-42-40-15-13-11-9-7-2/h8,10,14,16,18-19,21-22,24-25,27-28,30-31,33-34,46,48,53-54,58H,6-7,9,11-13,15,17,20,23,26,29,32,35-45,47,49-52H2,1-5H3,(H-,56,59,60,61)/b10-8-,16-14-,19-18-,22-21-,25-24-,28-27-,31-30-,34-33-,48-46+. The Labute approximate surface area is 393 Å². The molecule has 0 saturated carbocycles. The van der Waals surface area contributed by atoms with Crippen LogP contribution in [0.1, 0.15) is 181 Å². The van der Waals surface area contributed by atoms with Crippen LogP contribution < -0.4 is 10.2 Å². The van der Waals surface area contributed by atoms with Gasteiger partial charge in [0.05, 0.1) is 39.9 Å². The molecule has 366 valence electrons. The van der Waals surface area contributed by atoms with Crippen molar-refractivity contribution in [2.45, 2.75) is 193 Å². The molecule has 0 bridgehead atoms. The molecule has 0 radical (unpaired) electrons. The number of phosphoric acid groups is 1. The number of hydrogen-bond donors (Lipinski definition) is 2. The molecule has 2 N–H and O–H groups in total. The summed E-state index contributed by atoms with van der Waals surface area (Å²) in [6.07, 6.45) is 65.9. The normalized spacial score (nSPS) is 15.0. The number of amides is 1. The predicted molar refractivity (Wildman–Crippen MR) is 274 cm³/mol. The third-order valence-electron chi connectivity index (χ3n) is 10.5. The highest BCUT2D eigenvalue weighted by Gasteiger charge is 2.23. The van der Waals surface area contributed by atoms with Crippen molar-refractivity contribution >= 4 is 13.7 Å². The summed E-state index contributed by atoms with van der Waals surface area (Å²) < 4.78 is 23.2. The molecule has 0 saturated heterocycles. The summed E-state index contributed by atoms with van der Waals surface area (Å²) in [5, 5.41) is 13.7. The maximum Gasteiger partial charge on any atom is 0.268 e.